The normalized spacial score (nSPS) is 13.9. The number of hydrogen-bond acceptors (Lipinski definition) is 2. The van der Waals surface area contributed by atoms with Crippen LogP contribution in [0.2, 0.25) is 0 Å². The fraction of sp³-hybridized carbons (Fsp3) is 0.100. The van der Waals surface area contributed by atoms with Crippen molar-refractivity contribution in [1.29, 1.82) is 0 Å². The highest BCUT2D eigenvalue weighted by molar-refractivity contribution is 7.26. The van der Waals surface area contributed by atoms with Crippen LogP contribution in [0, 0.1) is 0 Å². The first-order valence-electron chi connectivity index (χ1n) is 22.1. The molecule has 296 valence electrons. The third-order valence-electron chi connectivity index (χ3n) is 13.7. The molecule has 0 saturated heterocycles. The van der Waals surface area contributed by atoms with Crippen molar-refractivity contribution in [3.63, 3.8) is 0 Å². The number of para-hydroxylation sites is 2. The largest absolute Gasteiger partial charge is 0.309 e. The number of thiophene rings is 1. The molecule has 62 heavy (non-hydrogen) atoms. The summed E-state index contributed by atoms with van der Waals surface area (Å²) in [6.45, 7) is 0. The molecule has 2 aliphatic carbocycles. The molecule has 9 aromatic carbocycles. The van der Waals surface area contributed by atoms with Gasteiger partial charge in [0, 0.05) is 48.0 Å². The molecule has 0 unspecified atom stereocenters. The van der Waals surface area contributed by atoms with Gasteiger partial charge in [0.05, 0.1) is 11.4 Å². The van der Waals surface area contributed by atoms with E-state index in [-0.39, 0.29) is 5.41 Å². The second-order valence-electron chi connectivity index (χ2n) is 17.0. The average molecular weight is 812 g/mol. The molecule has 2 heteroatoms. The van der Waals surface area contributed by atoms with Crippen molar-refractivity contribution < 1.29 is 0 Å². The number of anilines is 3. The average Bonchev–Trinajstić information content (AvgIpc) is 3.86. The Labute approximate surface area is 368 Å². The summed E-state index contributed by atoms with van der Waals surface area (Å²) >= 11 is 1.90. The number of fused-ring (bicyclic) bond motifs is 8. The standard InChI is InChI=1S/C60H45NS/c1-3-20-41(21-4-1)43-22-5-6-23-44(43)45-24-7-8-25-46(45)48-27-10-14-33-56(48)61(42-36-37-55-53(40-42)47-26-9-13-32-54(47)60(55)38-17-2-18-39-60)57-34-15-11-28-49(57)51-30-19-31-52-50-29-12-16-35-58(50)62-59(51)52/h1,3-16,19-37,40H,2,17-18,38-39H2. The zero-order chi connectivity index (χ0) is 41.0. The first kappa shape index (κ1) is 36.8. The van der Waals surface area contributed by atoms with Gasteiger partial charge < -0.3 is 4.90 Å². The minimum Gasteiger partial charge on any atom is -0.309 e. The van der Waals surface area contributed by atoms with Crippen molar-refractivity contribution in [2.75, 3.05) is 4.90 Å². The lowest BCUT2D eigenvalue weighted by atomic mass is 9.68. The van der Waals surface area contributed by atoms with E-state index in [1.165, 1.54) is 119 Å². The summed E-state index contributed by atoms with van der Waals surface area (Å²) in [6.07, 6.45) is 6.30. The molecule has 1 nitrogen and oxygen atoms in total. The zero-order valence-corrected chi connectivity index (χ0v) is 35.4. The lowest BCUT2D eigenvalue weighted by Gasteiger charge is -2.36. The molecule has 0 aliphatic heterocycles. The van der Waals surface area contributed by atoms with Gasteiger partial charge in [-0.1, -0.05) is 201 Å². The molecular formula is C60H45NS. The third kappa shape index (κ3) is 5.89. The maximum absolute atomic E-state index is 2.56. The molecule has 1 aromatic heterocycles. The first-order chi connectivity index (χ1) is 30.8. The van der Waals surface area contributed by atoms with Gasteiger partial charge in [-0.2, -0.15) is 0 Å². The van der Waals surface area contributed by atoms with Gasteiger partial charge in [0.15, 0.2) is 0 Å². The molecule has 10 aromatic rings. The van der Waals surface area contributed by atoms with Crippen molar-refractivity contribution >= 4 is 48.6 Å². The van der Waals surface area contributed by atoms with Gasteiger partial charge in [-0.05, 0) is 93.2 Å². The second-order valence-corrected chi connectivity index (χ2v) is 18.1. The number of rotatable bonds is 7. The summed E-state index contributed by atoms with van der Waals surface area (Å²) in [5.74, 6) is 0. The number of benzene rings is 9. The molecule has 1 spiro atoms. The minimum atomic E-state index is 0.0885. The van der Waals surface area contributed by atoms with Crippen molar-refractivity contribution in [2.24, 2.45) is 0 Å². The molecular weight excluding hydrogens is 767 g/mol. The highest BCUT2D eigenvalue weighted by atomic mass is 32.1. The van der Waals surface area contributed by atoms with Gasteiger partial charge >= 0.3 is 0 Å². The van der Waals surface area contributed by atoms with Crippen LogP contribution in [0.25, 0.3) is 75.8 Å². The Balaban J connectivity index is 1.11. The molecule has 0 atom stereocenters. The van der Waals surface area contributed by atoms with Gasteiger partial charge in [-0.3, -0.25) is 0 Å². The summed E-state index contributed by atoms with van der Waals surface area (Å²) < 4.78 is 2.63. The molecule has 0 radical (unpaired) electrons. The van der Waals surface area contributed by atoms with E-state index in [1.54, 1.807) is 0 Å². The molecule has 12 rings (SSSR count). The maximum Gasteiger partial charge on any atom is 0.0540 e. The van der Waals surface area contributed by atoms with E-state index in [0.717, 1.165) is 17.1 Å². The van der Waals surface area contributed by atoms with Crippen molar-refractivity contribution in [3.05, 3.63) is 223 Å². The highest BCUT2D eigenvalue weighted by Gasteiger charge is 2.43. The van der Waals surface area contributed by atoms with Crippen molar-refractivity contribution in [1.82, 2.24) is 0 Å². The maximum atomic E-state index is 2.56. The SMILES string of the molecule is c1ccc(-c2ccccc2-c2ccccc2-c2ccccc2N(c2ccc3c(c2)-c2ccccc2C32CCCCC2)c2ccccc2-c2cccc3c2sc2ccccc23)cc1. The van der Waals surface area contributed by atoms with Crippen LogP contribution in [0.5, 0.6) is 0 Å². The quantitative estimate of drug-likeness (QED) is 0.155. The second kappa shape index (κ2) is 15.2. The predicted octanol–water partition coefficient (Wildman–Crippen LogP) is 17.4. The molecule has 1 heterocycles. The predicted molar refractivity (Wildman–Crippen MR) is 265 cm³/mol. The molecule has 0 N–H and O–H groups in total. The molecule has 0 amide bonds. The van der Waals surface area contributed by atoms with E-state index in [2.05, 4.69) is 217 Å². The Hall–Kier alpha value is -7.00. The van der Waals surface area contributed by atoms with Crippen LogP contribution in [0.4, 0.5) is 17.1 Å². The summed E-state index contributed by atoms with van der Waals surface area (Å²) in [5, 5.41) is 2.62. The Morgan fingerprint density at radius 2 is 0.871 bits per heavy atom. The highest BCUT2D eigenvalue weighted by Crippen LogP contribution is 2.57. The molecule has 1 fully saturated rings. The van der Waals surface area contributed by atoms with Gasteiger partial charge in [-0.25, -0.2) is 0 Å². The molecule has 1 saturated carbocycles. The van der Waals surface area contributed by atoms with Crippen LogP contribution in [0.1, 0.15) is 43.2 Å². The Morgan fingerprint density at radius 1 is 0.355 bits per heavy atom. The zero-order valence-electron chi connectivity index (χ0n) is 34.6. The van der Waals surface area contributed by atoms with E-state index in [0.29, 0.717) is 0 Å². The molecule has 0 bridgehead atoms. The topological polar surface area (TPSA) is 3.24 Å². The monoisotopic (exact) mass is 811 g/mol. The van der Waals surface area contributed by atoms with Crippen LogP contribution in [0.3, 0.4) is 0 Å². The van der Waals surface area contributed by atoms with Gasteiger partial charge in [0.1, 0.15) is 0 Å². The van der Waals surface area contributed by atoms with Crippen LogP contribution < -0.4 is 4.90 Å². The number of hydrogen-bond donors (Lipinski definition) is 0. The van der Waals surface area contributed by atoms with Crippen LogP contribution >= 0.6 is 11.3 Å². The van der Waals surface area contributed by atoms with Crippen molar-refractivity contribution in [3.8, 4) is 55.6 Å². The Kier molecular flexibility index (Phi) is 9.01. The van der Waals surface area contributed by atoms with Gasteiger partial charge in [0.25, 0.3) is 0 Å². The first-order valence-corrected chi connectivity index (χ1v) is 23.0. The molecule has 2 aliphatic rings. The van der Waals surface area contributed by atoms with Gasteiger partial charge in [0.2, 0.25) is 0 Å². The van der Waals surface area contributed by atoms with E-state index in [1.807, 2.05) is 11.3 Å². The van der Waals surface area contributed by atoms with E-state index >= 15 is 0 Å². The van der Waals surface area contributed by atoms with Crippen LogP contribution in [-0.4, -0.2) is 0 Å². The smallest absolute Gasteiger partial charge is 0.0540 e. The Bertz CT molecular complexity index is 3290. The lowest BCUT2D eigenvalue weighted by Crippen LogP contribution is -2.28. The summed E-state index contributed by atoms with van der Waals surface area (Å²) in [4.78, 5) is 2.56. The minimum absolute atomic E-state index is 0.0885. The van der Waals surface area contributed by atoms with E-state index < -0.39 is 0 Å². The van der Waals surface area contributed by atoms with Crippen LogP contribution in [0.15, 0.2) is 212 Å². The third-order valence-corrected chi connectivity index (χ3v) is 14.9. The number of nitrogens with zero attached hydrogens (tertiary/aromatic N) is 1. The van der Waals surface area contributed by atoms with Crippen molar-refractivity contribution in [2.45, 2.75) is 37.5 Å². The lowest BCUT2D eigenvalue weighted by molar-refractivity contribution is 0.353. The van der Waals surface area contributed by atoms with Gasteiger partial charge in [-0.15, -0.1) is 11.3 Å². The Morgan fingerprint density at radius 3 is 1.61 bits per heavy atom. The fourth-order valence-electron chi connectivity index (χ4n) is 11.0. The summed E-state index contributed by atoms with van der Waals surface area (Å²) in [7, 11) is 0. The summed E-state index contributed by atoms with van der Waals surface area (Å²) in [5.41, 5.74) is 19.1. The van der Waals surface area contributed by atoms with Crippen LogP contribution in [-0.2, 0) is 5.41 Å². The van der Waals surface area contributed by atoms with E-state index in [4.69, 9.17) is 0 Å². The van der Waals surface area contributed by atoms with E-state index in [9.17, 15) is 0 Å². The fourth-order valence-corrected chi connectivity index (χ4v) is 12.2. The summed E-state index contributed by atoms with van der Waals surface area (Å²) in [6, 6.07) is 79.2.